The van der Waals surface area contributed by atoms with Gasteiger partial charge in [0.1, 0.15) is 6.07 Å². The molecule has 146 valence electrons. The highest BCUT2D eigenvalue weighted by atomic mass is 19.3. The largest absolute Gasteiger partial charge is 0.427 e. The number of hydrogen-bond acceptors (Lipinski definition) is 6. The van der Waals surface area contributed by atoms with Gasteiger partial charge in [-0.1, -0.05) is 12.1 Å². The van der Waals surface area contributed by atoms with E-state index >= 15 is 0 Å². The van der Waals surface area contributed by atoms with Crippen LogP contribution in [0.5, 0.6) is 5.75 Å². The molecule has 0 aliphatic carbocycles. The van der Waals surface area contributed by atoms with Gasteiger partial charge in [-0.2, -0.15) is 14.0 Å². The maximum atomic E-state index is 12.6. The maximum absolute atomic E-state index is 12.6. The normalized spacial score (nSPS) is 14.5. The number of nitriles is 1. The molecule has 0 atom stereocenters. The molecule has 0 unspecified atom stereocenters. The summed E-state index contributed by atoms with van der Waals surface area (Å²) in [7, 11) is 0. The van der Waals surface area contributed by atoms with Crippen LogP contribution < -0.4 is 14.5 Å². The first-order valence-electron chi connectivity index (χ1n) is 8.72. The van der Waals surface area contributed by atoms with E-state index in [1.165, 1.54) is 18.2 Å². The molecule has 1 fully saturated rings. The van der Waals surface area contributed by atoms with Gasteiger partial charge in [-0.3, -0.25) is 10.1 Å². The smallest absolute Gasteiger partial charge is 0.387 e. The number of benzene rings is 2. The highest BCUT2D eigenvalue weighted by Gasteiger charge is 2.22. The van der Waals surface area contributed by atoms with E-state index in [4.69, 9.17) is 0 Å². The number of nitro groups is 1. The summed E-state index contributed by atoms with van der Waals surface area (Å²) < 4.78 is 29.6. The average Bonchev–Trinajstić information content (AvgIpc) is 2.93. The van der Waals surface area contributed by atoms with Crippen molar-refractivity contribution >= 4 is 17.1 Å². The number of ether oxygens (including phenoxy) is 1. The molecule has 1 saturated heterocycles. The topological polar surface area (TPSA) is 82.6 Å². The predicted octanol–water partition coefficient (Wildman–Crippen LogP) is 3.78. The van der Waals surface area contributed by atoms with Gasteiger partial charge in [0.05, 0.1) is 16.2 Å². The van der Waals surface area contributed by atoms with Crippen molar-refractivity contribution in [3.63, 3.8) is 0 Å². The lowest BCUT2D eigenvalue weighted by atomic mass is 10.1. The number of rotatable bonds is 5. The zero-order valence-corrected chi connectivity index (χ0v) is 14.9. The van der Waals surface area contributed by atoms with Crippen molar-refractivity contribution in [2.75, 3.05) is 36.0 Å². The van der Waals surface area contributed by atoms with Crippen LogP contribution in [0.1, 0.15) is 12.0 Å². The third-order valence-corrected chi connectivity index (χ3v) is 4.58. The highest BCUT2D eigenvalue weighted by Crippen LogP contribution is 2.33. The summed E-state index contributed by atoms with van der Waals surface area (Å²) in [5, 5.41) is 20.3. The minimum absolute atomic E-state index is 0.451. The van der Waals surface area contributed by atoms with E-state index in [-0.39, 0.29) is 0 Å². The second kappa shape index (κ2) is 8.52. The summed E-state index contributed by atoms with van der Waals surface area (Å²) in [6, 6.07) is 13.5. The summed E-state index contributed by atoms with van der Waals surface area (Å²) in [6.45, 7) is -0.553. The first-order chi connectivity index (χ1) is 13.5. The fraction of sp³-hybridized carbons (Fsp3) is 0.316. The number of alkyl halides is 2. The van der Waals surface area contributed by atoms with Gasteiger partial charge in [-0.25, -0.2) is 0 Å². The molecule has 0 bridgehead atoms. The van der Waals surface area contributed by atoms with E-state index in [2.05, 4.69) is 15.7 Å². The van der Waals surface area contributed by atoms with Crippen molar-refractivity contribution in [2.45, 2.75) is 13.0 Å². The minimum Gasteiger partial charge on any atom is -0.427 e. The quantitative estimate of drug-likeness (QED) is 0.573. The van der Waals surface area contributed by atoms with Gasteiger partial charge in [0, 0.05) is 44.0 Å². The summed E-state index contributed by atoms with van der Waals surface area (Å²) in [4.78, 5) is 14.4. The fourth-order valence-corrected chi connectivity index (χ4v) is 3.30. The molecule has 3 rings (SSSR count). The molecule has 1 aliphatic rings. The van der Waals surface area contributed by atoms with Crippen molar-refractivity contribution in [1.82, 2.24) is 0 Å². The Bertz CT molecular complexity index is 901. The van der Waals surface area contributed by atoms with Crippen LogP contribution in [0.15, 0.2) is 42.5 Å². The molecule has 28 heavy (non-hydrogen) atoms. The summed E-state index contributed by atoms with van der Waals surface area (Å²) in [6.07, 6.45) is 0.780. The van der Waals surface area contributed by atoms with Crippen molar-refractivity contribution in [3.05, 3.63) is 58.1 Å². The number of nitrogens with zero attached hydrogens (tertiary/aromatic N) is 4. The standard InChI is InChI=1S/C19H18F2N4O3/c20-19(21)28-18-12-15(6-7-17(18)25(26)27)23-8-3-9-24(11-10-23)16-5-2-1-4-14(16)13-22/h1-2,4-7,12,19H,3,8-11H2. The highest BCUT2D eigenvalue weighted by molar-refractivity contribution is 5.61. The molecule has 0 spiro atoms. The van der Waals surface area contributed by atoms with Crippen LogP contribution in [0.3, 0.4) is 0 Å². The number of hydrogen-bond donors (Lipinski definition) is 0. The van der Waals surface area contributed by atoms with E-state index in [0.717, 1.165) is 18.7 Å². The number of halogens is 2. The van der Waals surface area contributed by atoms with Crippen LogP contribution >= 0.6 is 0 Å². The molecule has 7 nitrogen and oxygen atoms in total. The first kappa shape index (κ1) is 19.4. The number of anilines is 2. The SMILES string of the molecule is N#Cc1ccccc1N1CCCN(c2ccc([N+](=O)[O-])c(OC(F)F)c2)CC1. The van der Waals surface area contributed by atoms with Crippen molar-refractivity contribution in [1.29, 1.82) is 5.26 Å². The number of para-hydroxylation sites is 1. The van der Waals surface area contributed by atoms with E-state index in [1.807, 2.05) is 23.1 Å². The lowest BCUT2D eigenvalue weighted by Gasteiger charge is -2.25. The second-order valence-corrected chi connectivity index (χ2v) is 6.24. The summed E-state index contributed by atoms with van der Waals surface area (Å²) >= 11 is 0. The maximum Gasteiger partial charge on any atom is 0.387 e. The zero-order valence-electron chi connectivity index (χ0n) is 14.9. The molecule has 2 aromatic rings. The molecular formula is C19H18F2N4O3. The van der Waals surface area contributed by atoms with Crippen molar-refractivity contribution < 1.29 is 18.4 Å². The lowest BCUT2D eigenvalue weighted by molar-refractivity contribution is -0.386. The van der Waals surface area contributed by atoms with Crippen LogP contribution in [0.4, 0.5) is 25.8 Å². The van der Waals surface area contributed by atoms with Crippen molar-refractivity contribution in [3.8, 4) is 11.8 Å². The van der Waals surface area contributed by atoms with Crippen LogP contribution in [-0.2, 0) is 0 Å². The molecule has 0 N–H and O–H groups in total. The molecule has 0 radical (unpaired) electrons. The Kier molecular flexibility index (Phi) is 5.89. The van der Waals surface area contributed by atoms with E-state index in [9.17, 15) is 24.2 Å². The second-order valence-electron chi connectivity index (χ2n) is 6.24. The Balaban J connectivity index is 1.80. The van der Waals surface area contributed by atoms with Gasteiger partial charge >= 0.3 is 12.3 Å². The van der Waals surface area contributed by atoms with E-state index < -0.39 is 23.0 Å². The van der Waals surface area contributed by atoms with Gasteiger partial charge in [-0.15, -0.1) is 0 Å². The molecule has 0 amide bonds. The molecular weight excluding hydrogens is 370 g/mol. The Morgan fingerprint density at radius 2 is 1.82 bits per heavy atom. The Hall–Kier alpha value is -3.41. The van der Waals surface area contributed by atoms with Gasteiger partial charge in [0.15, 0.2) is 0 Å². The van der Waals surface area contributed by atoms with Gasteiger partial charge in [0.2, 0.25) is 5.75 Å². The zero-order chi connectivity index (χ0) is 20.1. The third kappa shape index (κ3) is 4.28. The third-order valence-electron chi connectivity index (χ3n) is 4.58. The van der Waals surface area contributed by atoms with Crippen LogP contribution in [0.2, 0.25) is 0 Å². The molecule has 9 heteroatoms. The molecule has 1 heterocycles. The number of nitro benzene ring substituents is 1. The van der Waals surface area contributed by atoms with Gasteiger partial charge in [0.25, 0.3) is 0 Å². The Morgan fingerprint density at radius 3 is 2.54 bits per heavy atom. The summed E-state index contributed by atoms with van der Waals surface area (Å²) in [5.41, 5.74) is 1.54. The first-order valence-corrected chi connectivity index (χ1v) is 8.72. The molecule has 2 aromatic carbocycles. The monoisotopic (exact) mass is 388 g/mol. The van der Waals surface area contributed by atoms with E-state index in [0.29, 0.717) is 30.9 Å². The Labute approximate surface area is 160 Å². The average molecular weight is 388 g/mol. The Morgan fingerprint density at radius 1 is 1.11 bits per heavy atom. The predicted molar refractivity (Wildman–Crippen MR) is 99.9 cm³/mol. The fourth-order valence-electron chi connectivity index (χ4n) is 3.30. The van der Waals surface area contributed by atoms with Gasteiger partial charge in [-0.05, 0) is 24.6 Å². The molecule has 0 saturated carbocycles. The minimum atomic E-state index is -3.14. The van der Waals surface area contributed by atoms with Crippen molar-refractivity contribution in [2.24, 2.45) is 0 Å². The molecule has 1 aliphatic heterocycles. The summed E-state index contributed by atoms with van der Waals surface area (Å²) in [5.74, 6) is -0.451. The van der Waals surface area contributed by atoms with Crippen LogP contribution in [0.25, 0.3) is 0 Å². The van der Waals surface area contributed by atoms with Crippen LogP contribution in [-0.4, -0.2) is 37.7 Å². The van der Waals surface area contributed by atoms with Crippen LogP contribution in [0, 0.1) is 21.4 Å². The molecule has 0 aromatic heterocycles. The lowest BCUT2D eigenvalue weighted by Crippen LogP contribution is -2.31. The van der Waals surface area contributed by atoms with E-state index in [1.54, 1.807) is 6.07 Å². The van der Waals surface area contributed by atoms with Gasteiger partial charge < -0.3 is 14.5 Å².